The molecule has 0 radical (unpaired) electrons. The smallest absolute Gasteiger partial charge is 0.295 e. The number of aldehydes is 1. The van der Waals surface area contributed by atoms with Gasteiger partial charge in [0.15, 0.2) is 12.9 Å². The highest BCUT2D eigenvalue weighted by molar-refractivity contribution is 5.92. The highest BCUT2D eigenvalue weighted by Crippen LogP contribution is 2.22. The third kappa shape index (κ3) is 4.06. The summed E-state index contributed by atoms with van der Waals surface area (Å²) in [6, 6.07) is 13.8. The Hall–Kier alpha value is -3.81. The second kappa shape index (κ2) is 8.47. The Morgan fingerprint density at radius 2 is 1.90 bits per heavy atom. The first-order valence-electron chi connectivity index (χ1n) is 8.86. The third-order valence-corrected chi connectivity index (χ3v) is 4.52. The summed E-state index contributed by atoms with van der Waals surface area (Å²) < 4.78 is 13.6. The monoisotopic (exact) mass is 395 g/mol. The molecule has 0 fully saturated rings. The van der Waals surface area contributed by atoms with E-state index in [1.807, 2.05) is 18.2 Å². The van der Waals surface area contributed by atoms with Crippen molar-refractivity contribution in [3.05, 3.63) is 70.1 Å². The summed E-state index contributed by atoms with van der Waals surface area (Å²) in [7, 11) is 3.23. The molecule has 8 heteroatoms. The van der Waals surface area contributed by atoms with E-state index in [-0.39, 0.29) is 29.2 Å². The summed E-state index contributed by atoms with van der Waals surface area (Å²) in [6.07, 6.45) is 0.621. The van der Waals surface area contributed by atoms with Crippen LogP contribution >= 0.6 is 0 Å². The lowest BCUT2D eigenvalue weighted by Gasteiger charge is -2.09. The largest absolute Gasteiger partial charge is 0.497 e. The van der Waals surface area contributed by atoms with Crippen LogP contribution in [0.3, 0.4) is 0 Å². The molecule has 2 aromatic carbocycles. The van der Waals surface area contributed by atoms with Crippen molar-refractivity contribution < 1.29 is 19.1 Å². The molecule has 0 bridgehead atoms. The molecule has 3 rings (SSSR count). The summed E-state index contributed by atoms with van der Waals surface area (Å²) in [5.74, 6) is 0.247. The Kier molecular flexibility index (Phi) is 5.82. The Balaban J connectivity index is 1.77. The fourth-order valence-electron chi connectivity index (χ4n) is 2.91. The van der Waals surface area contributed by atoms with Gasteiger partial charge in [0, 0.05) is 7.05 Å². The number of para-hydroxylation sites is 1. The van der Waals surface area contributed by atoms with Gasteiger partial charge in [-0.25, -0.2) is 4.68 Å². The molecular weight excluding hydrogens is 374 g/mol. The molecular formula is C21H21N3O5. The van der Waals surface area contributed by atoms with Crippen molar-refractivity contribution in [2.24, 2.45) is 7.05 Å². The molecule has 0 aliphatic heterocycles. The molecule has 1 aromatic heterocycles. The van der Waals surface area contributed by atoms with Gasteiger partial charge in [-0.05, 0) is 37.3 Å². The summed E-state index contributed by atoms with van der Waals surface area (Å²) in [5, 5.41) is 2.61. The molecule has 0 aliphatic carbocycles. The van der Waals surface area contributed by atoms with E-state index < -0.39 is 5.91 Å². The summed E-state index contributed by atoms with van der Waals surface area (Å²) in [4.78, 5) is 36.4. The maximum absolute atomic E-state index is 12.8. The van der Waals surface area contributed by atoms with Crippen LogP contribution < -0.4 is 20.3 Å². The molecule has 0 atom stereocenters. The van der Waals surface area contributed by atoms with E-state index in [0.717, 1.165) is 0 Å². The third-order valence-electron chi connectivity index (χ3n) is 4.52. The number of anilines is 1. The van der Waals surface area contributed by atoms with Crippen molar-refractivity contribution in [3.63, 3.8) is 0 Å². The van der Waals surface area contributed by atoms with E-state index in [2.05, 4.69) is 5.32 Å². The second-order valence-corrected chi connectivity index (χ2v) is 6.29. The molecule has 150 valence electrons. The first-order valence-corrected chi connectivity index (χ1v) is 8.86. The molecule has 0 spiro atoms. The number of hydrogen-bond donors (Lipinski definition) is 1. The predicted molar refractivity (Wildman–Crippen MR) is 108 cm³/mol. The van der Waals surface area contributed by atoms with Crippen LogP contribution in [0.4, 0.5) is 5.69 Å². The minimum absolute atomic E-state index is 0.176. The first kappa shape index (κ1) is 19.9. The zero-order valence-electron chi connectivity index (χ0n) is 16.3. The number of nitrogens with zero attached hydrogens (tertiary/aromatic N) is 2. The molecule has 0 saturated carbocycles. The van der Waals surface area contributed by atoms with Crippen molar-refractivity contribution in [1.29, 1.82) is 0 Å². The molecule has 0 saturated heterocycles. The fraction of sp³-hybridized carbons (Fsp3) is 0.190. The van der Waals surface area contributed by atoms with E-state index in [1.165, 1.54) is 17.9 Å². The van der Waals surface area contributed by atoms with Crippen LogP contribution in [-0.2, 0) is 11.8 Å². The predicted octanol–water partition coefficient (Wildman–Crippen LogP) is 2.32. The number of carbonyl (C=O) groups excluding carboxylic acids is 2. The molecule has 3 aromatic rings. The normalized spacial score (nSPS) is 10.4. The standard InChI is InChI=1S/C21H21N3O5/c1-14-20(21(27)24(23(14)2)16-7-5-4-6-8-16)22-19(26)13-29-18-10-9-17(28-3)11-15(18)12-25/h4-12H,13H2,1-3H3,(H,22,26). The molecule has 0 unspecified atom stereocenters. The van der Waals surface area contributed by atoms with E-state index in [1.54, 1.807) is 42.9 Å². The zero-order chi connectivity index (χ0) is 21.0. The quantitative estimate of drug-likeness (QED) is 0.620. The zero-order valence-corrected chi connectivity index (χ0v) is 16.3. The van der Waals surface area contributed by atoms with Crippen LogP contribution in [0, 0.1) is 6.92 Å². The maximum atomic E-state index is 12.8. The minimum Gasteiger partial charge on any atom is -0.497 e. The first-order chi connectivity index (χ1) is 14.0. The Labute approximate surface area is 167 Å². The van der Waals surface area contributed by atoms with E-state index in [0.29, 0.717) is 23.4 Å². The average Bonchev–Trinajstić information content (AvgIpc) is 2.95. The Bertz CT molecular complexity index is 1100. The SMILES string of the molecule is COc1ccc(OCC(=O)Nc2c(C)n(C)n(-c3ccccc3)c2=O)c(C=O)c1. The average molecular weight is 395 g/mol. The molecule has 8 nitrogen and oxygen atoms in total. The van der Waals surface area contributed by atoms with Gasteiger partial charge in [0.05, 0.1) is 24.1 Å². The molecule has 1 heterocycles. The maximum Gasteiger partial charge on any atom is 0.295 e. The lowest BCUT2D eigenvalue weighted by molar-refractivity contribution is -0.118. The van der Waals surface area contributed by atoms with Gasteiger partial charge in [-0.1, -0.05) is 18.2 Å². The molecule has 1 amide bonds. The lowest BCUT2D eigenvalue weighted by atomic mass is 10.2. The van der Waals surface area contributed by atoms with Crippen LogP contribution in [-0.4, -0.2) is 35.3 Å². The van der Waals surface area contributed by atoms with Crippen LogP contribution in [0.5, 0.6) is 11.5 Å². The number of amides is 1. The lowest BCUT2D eigenvalue weighted by Crippen LogP contribution is -2.25. The van der Waals surface area contributed by atoms with Crippen molar-refractivity contribution in [2.45, 2.75) is 6.92 Å². The van der Waals surface area contributed by atoms with Gasteiger partial charge in [0.25, 0.3) is 11.5 Å². The highest BCUT2D eigenvalue weighted by Gasteiger charge is 2.18. The van der Waals surface area contributed by atoms with Crippen molar-refractivity contribution in [1.82, 2.24) is 9.36 Å². The van der Waals surface area contributed by atoms with Crippen LogP contribution in [0.25, 0.3) is 5.69 Å². The molecule has 1 N–H and O–H groups in total. The number of rotatable bonds is 7. The number of carbonyl (C=O) groups is 2. The van der Waals surface area contributed by atoms with E-state index in [9.17, 15) is 14.4 Å². The van der Waals surface area contributed by atoms with Gasteiger partial charge >= 0.3 is 0 Å². The minimum atomic E-state index is -0.510. The number of hydrogen-bond acceptors (Lipinski definition) is 5. The van der Waals surface area contributed by atoms with Crippen LogP contribution in [0.1, 0.15) is 16.1 Å². The molecule has 29 heavy (non-hydrogen) atoms. The van der Waals surface area contributed by atoms with Gasteiger partial charge in [-0.2, -0.15) is 0 Å². The highest BCUT2D eigenvalue weighted by atomic mass is 16.5. The molecule has 0 aliphatic rings. The van der Waals surface area contributed by atoms with Gasteiger partial charge in [-0.3, -0.25) is 19.1 Å². The van der Waals surface area contributed by atoms with Gasteiger partial charge in [0.2, 0.25) is 0 Å². The summed E-state index contributed by atoms with van der Waals surface area (Å²) in [6.45, 7) is 1.39. The number of aromatic nitrogens is 2. The number of methoxy groups -OCH3 is 1. The fourth-order valence-corrected chi connectivity index (χ4v) is 2.91. The van der Waals surface area contributed by atoms with Crippen LogP contribution in [0.15, 0.2) is 53.3 Å². The Morgan fingerprint density at radius 3 is 2.55 bits per heavy atom. The summed E-state index contributed by atoms with van der Waals surface area (Å²) >= 11 is 0. The Morgan fingerprint density at radius 1 is 1.17 bits per heavy atom. The van der Waals surface area contributed by atoms with E-state index in [4.69, 9.17) is 9.47 Å². The number of benzene rings is 2. The van der Waals surface area contributed by atoms with Crippen molar-refractivity contribution in [3.8, 4) is 17.2 Å². The second-order valence-electron chi connectivity index (χ2n) is 6.29. The summed E-state index contributed by atoms with van der Waals surface area (Å²) in [5.41, 5.74) is 1.39. The van der Waals surface area contributed by atoms with Gasteiger partial charge in [-0.15, -0.1) is 0 Å². The van der Waals surface area contributed by atoms with Crippen molar-refractivity contribution in [2.75, 3.05) is 19.0 Å². The number of ether oxygens (including phenoxy) is 2. The number of nitrogens with one attached hydrogen (secondary N) is 1. The topological polar surface area (TPSA) is 91.6 Å². The van der Waals surface area contributed by atoms with Gasteiger partial charge in [0.1, 0.15) is 17.2 Å². The van der Waals surface area contributed by atoms with Crippen molar-refractivity contribution >= 4 is 17.9 Å². The van der Waals surface area contributed by atoms with Crippen LogP contribution in [0.2, 0.25) is 0 Å². The van der Waals surface area contributed by atoms with Gasteiger partial charge < -0.3 is 14.8 Å². The van der Waals surface area contributed by atoms with E-state index >= 15 is 0 Å².